The van der Waals surface area contributed by atoms with Crippen molar-refractivity contribution < 1.29 is 9.53 Å². The van der Waals surface area contributed by atoms with E-state index >= 15 is 0 Å². The quantitative estimate of drug-likeness (QED) is 0.820. The van der Waals surface area contributed by atoms with Gasteiger partial charge in [0.05, 0.1) is 12.8 Å². The van der Waals surface area contributed by atoms with E-state index in [-0.39, 0.29) is 11.3 Å². The lowest BCUT2D eigenvalue weighted by molar-refractivity contribution is -0.117. The van der Waals surface area contributed by atoms with Gasteiger partial charge >= 0.3 is 0 Å². The van der Waals surface area contributed by atoms with Crippen LogP contribution in [0.4, 0.5) is 11.4 Å². The topological polar surface area (TPSA) is 64.3 Å². The molecule has 4 heteroatoms. The maximum atomic E-state index is 12.0. The van der Waals surface area contributed by atoms with E-state index in [1.54, 1.807) is 25.3 Å². The number of rotatable bonds is 4. The van der Waals surface area contributed by atoms with Crippen molar-refractivity contribution in [3.8, 4) is 5.75 Å². The number of anilines is 2. The highest BCUT2D eigenvalue weighted by Gasteiger charge is 2.22. The monoisotopic (exact) mass is 264 g/mol. The van der Waals surface area contributed by atoms with Crippen LogP contribution in [0.25, 0.3) is 0 Å². The van der Waals surface area contributed by atoms with Crippen LogP contribution in [0.1, 0.15) is 34.1 Å². The second-order valence-electron chi connectivity index (χ2n) is 5.98. The van der Waals surface area contributed by atoms with Crippen molar-refractivity contribution in [1.82, 2.24) is 0 Å². The molecule has 1 aromatic rings. The van der Waals surface area contributed by atoms with Gasteiger partial charge in [-0.05, 0) is 23.5 Å². The van der Waals surface area contributed by atoms with Gasteiger partial charge in [0.2, 0.25) is 5.91 Å². The number of methoxy groups -OCH3 is 1. The van der Waals surface area contributed by atoms with Crippen LogP contribution in [0.15, 0.2) is 18.2 Å². The Morgan fingerprint density at radius 3 is 2.58 bits per heavy atom. The Labute approximate surface area is 115 Å². The van der Waals surface area contributed by atoms with E-state index < -0.39 is 0 Å². The third-order valence-electron chi connectivity index (χ3n) is 3.49. The molecule has 0 aliphatic carbocycles. The molecule has 0 heterocycles. The second-order valence-corrected chi connectivity index (χ2v) is 5.98. The summed E-state index contributed by atoms with van der Waals surface area (Å²) in [6.45, 7) is 8.49. The number of hydrogen-bond donors (Lipinski definition) is 2. The van der Waals surface area contributed by atoms with Crippen LogP contribution in [0, 0.1) is 11.3 Å². The summed E-state index contributed by atoms with van der Waals surface area (Å²) in [6, 6.07) is 5.23. The fourth-order valence-electron chi connectivity index (χ4n) is 1.59. The van der Waals surface area contributed by atoms with Gasteiger partial charge in [0.15, 0.2) is 0 Å². The molecule has 0 radical (unpaired) electrons. The van der Waals surface area contributed by atoms with Crippen LogP contribution in [0.2, 0.25) is 0 Å². The van der Waals surface area contributed by atoms with E-state index in [4.69, 9.17) is 10.5 Å². The van der Waals surface area contributed by atoms with Crippen molar-refractivity contribution in [2.45, 2.75) is 34.1 Å². The van der Waals surface area contributed by atoms with Gasteiger partial charge in [0.25, 0.3) is 0 Å². The highest BCUT2D eigenvalue weighted by atomic mass is 16.5. The highest BCUT2D eigenvalue weighted by Crippen LogP contribution is 2.29. The predicted molar refractivity (Wildman–Crippen MR) is 79.3 cm³/mol. The molecule has 0 fully saturated rings. The third-order valence-corrected chi connectivity index (χ3v) is 3.49. The van der Waals surface area contributed by atoms with E-state index in [0.29, 0.717) is 29.5 Å². The molecule has 0 spiro atoms. The summed E-state index contributed by atoms with van der Waals surface area (Å²) in [5, 5.41) is 2.87. The molecule has 0 aliphatic heterocycles. The summed E-state index contributed by atoms with van der Waals surface area (Å²) >= 11 is 0. The summed E-state index contributed by atoms with van der Waals surface area (Å²) in [7, 11) is 1.55. The lowest BCUT2D eigenvalue weighted by Gasteiger charge is -2.26. The van der Waals surface area contributed by atoms with E-state index in [9.17, 15) is 4.79 Å². The van der Waals surface area contributed by atoms with Crippen LogP contribution in [0.3, 0.4) is 0 Å². The van der Waals surface area contributed by atoms with Gasteiger partial charge in [0.1, 0.15) is 5.75 Å². The standard InChI is InChI=1S/C15H24N2O2/c1-10(15(2,3)4)8-14(18)17-11-6-7-12(16)13(9-11)19-5/h6-7,9-10H,8,16H2,1-5H3,(H,17,18). The maximum absolute atomic E-state index is 12.0. The molecular formula is C15H24N2O2. The molecule has 1 rings (SSSR count). The Morgan fingerprint density at radius 1 is 1.42 bits per heavy atom. The third kappa shape index (κ3) is 4.47. The fraction of sp³-hybridized carbons (Fsp3) is 0.533. The second kappa shape index (κ2) is 5.95. The summed E-state index contributed by atoms with van der Waals surface area (Å²) in [5.41, 5.74) is 7.12. The largest absolute Gasteiger partial charge is 0.495 e. The first kappa shape index (κ1) is 15.3. The molecule has 0 saturated heterocycles. The minimum Gasteiger partial charge on any atom is -0.495 e. The molecule has 4 nitrogen and oxygen atoms in total. The van der Waals surface area contributed by atoms with E-state index in [1.807, 2.05) is 0 Å². The predicted octanol–water partition coefficient (Wildman–Crippen LogP) is 3.29. The molecule has 1 aromatic carbocycles. The van der Waals surface area contributed by atoms with Crippen molar-refractivity contribution in [3.63, 3.8) is 0 Å². The Hall–Kier alpha value is -1.71. The molecule has 0 saturated carbocycles. The lowest BCUT2D eigenvalue weighted by atomic mass is 9.80. The van der Waals surface area contributed by atoms with Gasteiger partial charge in [0, 0.05) is 18.2 Å². The molecule has 1 atom stereocenters. The first-order chi connectivity index (χ1) is 8.74. The van der Waals surface area contributed by atoms with Crippen LogP contribution in [-0.2, 0) is 4.79 Å². The molecule has 0 bridgehead atoms. The Morgan fingerprint density at radius 2 is 2.05 bits per heavy atom. The number of benzene rings is 1. The number of amides is 1. The van der Waals surface area contributed by atoms with Crippen LogP contribution in [-0.4, -0.2) is 13.0 Å². The van der Waals surface area contributed by atoms with Gasteiger partial charge in [-0.1, -0.05) is 27.7 Å². The van der Waals surface area contributed by atoms with Gasteiger partial charge < -0.3 is 15.8 Å². The molecule has 19 heavy (non-hydrogen) atoms. The summed E-state index contributed by atoms with van der Waals surface area (Å²) in [6.07, 6.45) is 0.496. The number of hydrogen-bond acceptors (Lipinski definition) is 3. The smallest absolute Gasteiger partial charge is 0.224 e. The Balaban J connectivity index is 2.67. The van der Waals surface area contributed by atoms with Crippen molar-refractivity contribution >= 4 is 17.3 Å². The number of nitrogens with one attached hydrogen (secondary N) is 1. The number of nitrogen functional groups attached to an aromatic ring is 1. The Kier molecular flexibility index (Phi) is 4.81. The van der Waals surface area contributed by atoms with Crippen molar-refractivity contribution in [3.05, 3.63) is 18.2 Å². The summed E-state index contributed by atoms with van der Waals surface area (Å²) in [4.78, 5) is 12.0. The van der Waals surface area contributed by atoms with Gasteiger partial charge in [-0.2, -0.15) is 0 Å². The zero-order valence-electron chi connectivity index (χ0n) is 12.4. The zero-order valence-corrected chi connectivity index (χ0v) is 12.4. The molecule has 106 valence electrons. The number of ether oxygens (including phenoxy) is 1. The first-order valence-corrected chi connectivity index (χ1v) is 6.47. The molecule has 1 amide bonds. The zero-order chi connectivity index (χ0) is 14.6. The van der Waals surface area contributed by atoms with E-state index in [2.05, 4.69) is 33.0 Å². The summed E-state index contributed by atoms with van der Waals surface area (Å²) < 4.78 is 5.13. The fourth-order valence-corrected chi connectivity index (χ4v) is 1.59. The van der Waals surface area contributed by atoms with Crippen molar-refractivity contribution in [1.29, 1.82) is 0 Å². The first-order valence-electron chi connectivity index (χ1n) is 6.47. The van der Waals surface area contributed by atoms with Crippen LogP contribution in [0.5, 0.6) is 5.75 Å². The average Bonchev–Trinajstić information content (AvgIpc) is 2.30. The van der Waals surface area contributed by atoms with E-state index in [1.165, 1.54) is 0 Å². The highest BCUT2D eigenvalue weighted by molar-refractivity contribution is 5.91. The van der Waals surface area contributed by atoms with Crippen LogP contribution < -0.4 is 15.8 Å². The van der Waals surface area contributed by atoms with Gasteiger partial charge in [-0.25, -0.2) is 0 Å². The minimum absolute atomic E-state index is 0.00856. The average molecular weight is 264 g/mol. The number of carbonyl (C=O) groups excluding carboxylic acids is 1. The van der Waals surface area contributed by atoms with Crippen molar-refractivity contribution in [2.24, 2.45) is 11.3 Å². The number of carbonyl (C=O) groups is 1. The lowest BCUT2D eigenvalue weighted by Crippen LogP contribution is -2.23. The van der Waals surface area contributed by atoms with Crippen molar-refractivity contribution in [2.75, 3.05) is 18.2 Å². The molecule has 3 N–H and O–H groups in total. The van der Waals surface area contributed by atoms with Crippen LogP contribution >= 0.6 is 0 Å². The normalized spacial score (nSPS) is 12.9. The SMILES string of the molecule is COc1cc(NC(=O)CC(C)C(C)(C)C)ccc1N. The maximum Gasteiger partial charge on any atom is 0.224 e. The molecular weight excluding hydrogens is 240 g/mol. The molecule has 0 aliphatic rings. The number of nitrogens with two attached hydrogens (primary N) is 1. The molecule has 0 aromatic heterocycles. The van der Waals surface area contributed by atoms with Gasteiger partial charge in [-0.15, -0.1) is 0 Å². The Bertz CT molecular complexity index is 450. The summed E-state index contributed by atoms with van der Waals surface area (Å²) in [5.74, 6) is 0.888. The molecule has 1 unspecified atom stereocenters. The minimum atomic E-state index is 0.00856. The van der Waals surface area contributed by atoms with E-state index in [0.717, 1.165) is 0 Å². The van der Waals surface area contributed by atoms with Gasteiger partial charge in [-0.3, -0.25) is 4.79 Å².